The van der Waals surface area contributed by atoms with Gasteiger partial charge in [0, 0.05) is 12.6 Å². The summed E-state index contributed by atoms with van der Waals surface area (Å²) < 4.78 is 7.32. The van der Waals surface area contributed by atoms with Crippen LogP contribution in [0.4, 0.5) is 5.69 Å². The van der Waals surface area contributed by atoms with Gasteiger partial charge in [0.2, 0.25) is 5.91 Å². The average molecular weight is 426 g/mol. The molecule has 4 rings (SSSR count). The Labute approximate surface area is 178 Å². The second-order valence-electron chi connectivity index (χ2n) is 7.07. The van der Waals surface area contributed by atoms with Gasteiger partial charge in [-0.05, 0) is 44.9 Å². The van der Waals surface area contributed by atoms with Gasteiger partial charge in [-0.25, -0.2) is 0 Å². The molecular formula is C21H23N5O3S. The summed E-state index contributed by atoms with van der Waals surface area (Å²) >= 11 is 1.30. The number of anilines is 1. The van der Waals surface area contributed by atoms with E-state index >= 15 is 0 Å². The second kappa shape index (κ2) is 8.74. The van der Waals surface area contributed by atoms with Gasteiger partial charge in [0.1, 0.15) is 5.76 Å². The minimum atomic E-state index is -0.210. The van der Waals surface area contributed by atoms with Crippen molar-refractivity contribution in [1.82, 2.24) is 20.1 Å². The molecule has 0 bridgehead atoms. The third-order valence-electron chi connectivity index (χ3n) is 4.82. The highest BCUT2D eigenvalue weighted by Gasteiger charge is 2.25. The van der Waals surface area contributed by atoms with Gasteiger partial charge in [0.05, 0.1) is 28.8 Å². The Kier molecular flexibility index (Phi) is 5.89. The summed E-state index contributed by atoms with van der Waals surface area (Å²) in [6.07, 6.45) is 3.64. The predicted molar refractivity (Wildman–Crippen MR) is 114 cm³/mol. The fourth-order valence-corrected chi connectivity index (χ4v) is 3.90. The topological polar surface area (TPSA) is 102 Å². The molecule has 8 nitrogen and oxygen atoms in total. The zero-order valence-corrected chi connectivity index (χ0v) is 17.7. The molecule has 156 valence electrons. The van der Waals surface area contributed by atoms with Crippen LogP contribution in [0.1, 0.15) is 35.9 Å². The summed E-state index contributed by atoms with van der Waals surface area (Å²) in [5.41, 5.74) is 1.86. The van der Waals surface area contributed by atoms with E-state index in [1.807, 2.05) is 24.5 Å². The van der Waals surface area contributed by atoms with E-state index in [-0.39, 0.29) is 23.6 Å². The fourth-order valence-electron chi connectivity index (χ4n) is 3.09. The number of hydrogen-bond acceptors (Lipinski definition) is 6. The van der Waals surface area contributed by atoms with Gasteiger partial charge in [-0.3, -0.25) is 9.59 Å². The lowest BCUT2D eigenvalue weighted by molar-refractivity contribution is -0.113. The molecule has 1 aromatic carbocycles. The molecule has 1 saturated carbocycles. The number of carbonyl (C=O) groups excluding carboxylic acids is 2. The number of amides is 2. The first kappa shape index (κ1) is 20.2. The smallest absolute Gasteiger partial charge is 0.253 e. The number of para-hydroxylation sites is 1. The number of thioether (sulfide) groups is 1. The van der Waals surface area contributed by atoms with Crippen molar-refractivity contribution in [3.05, 3.63) is 47.9 Å². The maximum atomic E-state index is 12.5. The van der Waals surface area contributed by atoms with Crippen LogP contribution in [0.3, 0.4) is 0 Å². The predicted octanol–water partition coefficient (Wildman–Crippen LogP) is 3.49. The molecule has 3 aromatic rings. The molecule has 0 radical (unpaired) electrons. The average Bonchev–Trinajstić information content (AvgIpc) is 3.30. The summed E-state index contributed by atoms with van der Waals surface area (Å²) in [7, 11) is 0. The van der Waals surface area contributed by atoms with E-state index in [1.165, 1.54) is 11.8 Å². The molecular weight excluding hydrogens is 402 g/mol. The standard InChI is InChI=1S/C21H23N5O3S/c1-3-26-19(15-10-11-29-13(15)2)24-25-21(26)30-12-18(27)23-17-7-5-4-6-16(17)20(28)22-14-8-9-14/h4-7,10-11,14H,3,8-9,12H2,1-2H3,(H,22,28)(H,23,27). The van der Waals surface area contributed by atoms with Gasteiger partial charge < -0.3 is 19.6 Å². The third kappa shape index (κ3) is 4.40. The van der Waals surface area contributed by atoms with Crippen molar-refractivity contribution in [3.63, 3.8) is 0 Å². The molecule has 0 saturated heterocycles. The van der Waals surface area contributed by atoms with Crippen LogP contribution in [0.15, 0.2) is 46.2 Å². The van der Waals surface area contributed by atoms with Gasteiger partial charge in [-0.15, -0.1) is 10.2 Å². The molecule has 1 fully saturated rings. The number of benzene rings is 1. The van der Waals surface area contributed by atoms with Gasteiger partial charge >= 0.3 is 0 Å². The van der Waals surface area contributed by atoms with Crippen molar-refractivity contribution >= 4 is 29.3 Å². The molecule has 30 heavy (non-hydrogen) atoms. The molecule has 0 unspecified atom stereocenters. The molecule has 2 amide bonds. The van der Waals surface area contributed by atoms with E-state index in [1.54, 1.807) is 30.5 Å². The Bertz CT molecular complexity index is 1070. The number of carbonyl (C=O) groups is 2. The Morgan fingerprint density at radius 1 is 1.23 bits per heavy atom. The van der Waals surface area contributed by atoms with Crippen molar-refractivity contribution in [2.75, 3.05) is 11.1 Å². The minimum absolute atomic E-state index is 0.154. The molecule has 1 aliphatic carbocycles. The van der Waals surface area contributed by atoms with Crippen LogP contribution < -0.4 is 10.6 Å². The summed E-state index contributed by atoms with van der Waals surface area (Å²) in [5, 5.41) is 15.0. The van der Waals surface area contributed by atoms with Gasteiger partial charge in [0.15, 0.2) is 11.0 Å². The Hall–Kier alpha value is -3.07. The van der Waals surface area contributed by atoms with E-state index in [2.05, 4.69) is 20.8 Å². The first-order chi connectivity index (χ1) is 14.6. The van der Waals surface area contributed by atoms with Crippen molar-refractivity contribution in [2.45, 2.75) is 44.4 Å². The summed E-state index contributed by atoms with van der Waals surface area (Å²) in [5.74, 6) is 1.27. The Morgan fingerprint density at radius 2 is 2.03 bits per heavy atom. The number of furan rings is 1. The largest absolute Gasteiger partial charge is 0.469 e. The molecule has 0 atom stereocenters. The lowest BCUT2D eigenvalue weighted by Crippen LogP contribution is -2.27. The number of nitrogens with zero attached hydrogens (tertiary/aromatic N) is 3. The molecule has 0 spiro atoms. The molecule has 2 N–H and O–H groups in total. The van der Waals surface area contributed by atoms with Gasteiger partial charge in [-0.1, -0.05) is 23.9 Å². The summed E-state index contributed by atoms with van der Waals surface area (Å²) in [6, 6.07) is 9.15. The van der Waals surface area contributed by atoms with Crippen molar-refractivity contribution in [1.29, 1.82) is 0 Å². The van der Waals surface area contributed by atoms with Crippen LogP contribution in [-0.4, -0.2) is 38.4 Å². The summed E-state index contributed by atoms with van der Waals surface area (Å²) in [6.45, 7) is 4.54. The molecule has 1 aliphatic rings. The van der Waals surface area contributed by atoms with Gasteiger partial charge in [-0.2, -0.15) is 0 Å². The number of rotatable bonds is 8. The number of aromatic nitrogens is 3. The third-order valence-corrected chi connectivity index (χ3v) is 5.79. The Morgan fingerprint density at radius 3 is 2.73 bits per heavy atom. The quantitative estimate of drug-likeness (QED) is 0.536. The SMILES string of the molecule is CCn1c(SCC(=O)Nc2ccccc2C(=O)NC2CC2)nnc1-c1ccoc1C. The van der Waals surface area contributed by atoms with E-state index in [9.17, 15) is 9.59 Å². The number of nitrogens with one attached hydrogen (secondary N) is 2. The first-order valence-corrected chi connectivity index (χ1v) is 10.9. The van der Waals surface area contributed by atoms with E-state index in [0.29, 0.717) is 28.8 Å². The highest BCUT2D eigenvalue weighted by molar-refractivity contribution is 7.99. The second-order valence-corrected chi connectivity index (χ2v) is 8.01. The zero-order chi connectivity index (χ0) is 21.1. The molecule has 9 heteroatoms. The van der Waals surface area contributed by atoms with Crippen LogP contribution in [0.5, 0.6) is 0 Å². The van der Waals surface area contributed by atoms with Crippen molar-refractivity contribution in [2.24, 2.45) is 0 Å². The van der Waals surface area contributed by atoms with Crippen molar-refractivity contribution in [3.8, 4) is 11.4 Å². The van der Waals surface area contributed by atoms with Crippen LogP contribution in [-0.2, 0) is 11.3 Å². The van der Waals surface area contributed by atoms with Crippen LogP contribution in [0.2, 0.25) is 0 Å². The first-order valence-electron chi connectivity index (χ1n) is 9.87. The minimum Gasteiger partial charge on any atom is -0.469 e. The van der Waals surface area contributed by atoms with E-state index in [0.717, 1.165) is 24.2 Å². The monoisotopic (exact) mass is 425 g/mol. The lowest BCUT2D eigenvalue weighted by atomic mass is 10.1. The van der Waals surface area contributed by atoms with Gasteiger partial charge in [0.25, 0.3) is 5.91 Å². The molecule has 2 heterocycles. The normalized spacial score (nSPS) is 13.3. The van der Waals surface area contributed by atoms with E-state index in [4.69, 9.17) is 4.42 Å². The Balaban J connectivity index is 1.42. The lowest BCUT2D eigenvalue weighted by Gasteiger charge is -2.11. The van der Waals surface area contributed by atoms with Crippen LogP contribution in [0.25, 0.3) is 11.4 Å². The molecule has 2 aromatic heterocycles. The maximum Gasteiger partial charge on any atom is 0.253 e. The van der Waals surface area contributed by atoms with E-state index < -0.39 is 0 Å². The zero-order valence-electron chi connectivity index (χ0n) is 16.8. The highest BCUT2D eigenvalue weighted by atomic mass is 32.2. The number of hydrogen-bond donors (Lipinski definition) is 2. The fraction of sp³-hybridized carbons (Fsp3) is 0.333. The molecule has 0 aliphatic heterocycles. The van der Waals surface area contributed by atoms with Crippen molar-refractivity contribution < 1.29 is 14.0 Å². The maximum absolute atomic E-state index is 12.5. The van der Waals surface area contributed by atoms with Crippen LogP contribution >= 0.6 is 11.8 Å². The van der Waals surface area contributed by atoms with Crippen LogP contribution in [0, 0.1) is 6.92 Å². The summed E-state index contributed by atoms with van der Waals surface area (Å²) in [4.78, 5) is 25.0. The highest BCUT2D eigenvalue weighted by Crippen LogP contribution is 2.27. The number of aryl methyl sites for hydroxylation is 1.